The molecule has 4 aromatic rings. The molecular weight excluding hydrogens is 643 g/mol. The van der Waals surface area contributed by atoms with Crippen LogP contribution in [0.4, 0.5) is 5.69 Å². The molecule has 0 saturated heterocycles. The maximum absolute atomic E-state index is 14.6. The molecule has 3 unspecified atom stereocenters. The van der Waals surface area contributed by atoms with Crippen molar-refractivity contribution in [2.45, 2.75) is 38.4 Å². The van der Waals surface area contributed by atoms with E-state index in [4.69, 9.17) is 33.9 Å². The van der Waals surface area contributed by atoms with Crippen molar-refractivity contribution in [1.29, 1.82) is 0 Å². The van der Waals surface area contributed by atoms with E-state index in [1.54, 1.807) is 23.1 Å². The normalized spacial score (nSPS) is 17.0. The average molecular weight is 680 g/mol. The first-order chi connectivity index (χ1) is 23.2. The third-order valence-corrected chi connectivity index (χ3v) is 9.48. The Morgan fingerprint density at radius 1 is 0.917 bits per heavy atom. The van der Waals surface area contributed by atoms with E-state index in [1.807, 2.05) is 84.9 Å². The molecule has 4 aromatic carbocycles. The van der Waals surface area contributed by atoms with Crippen LogP contribution in [0.1, 0.15) is 42.4 Å². The number of nitrogens with zero attached hydrogens (tertiary/aromatic N) is 2. The highest BCUT2D eigenvalue weighted by atomic mass is 35.5. The summed E-state index contributed by atoms with van der Waals surface area (Å²) >= 11 is 12.7. The number of primary amides is 1. The van der Waals surface area contributed by atoms with Gasteiger partial charge in [-0.15, -0.1) is 6.58 Å². The number of nitrogens with two attached hydrogens (primary N) is 1. The summed E-state index contributed by atoms with van der Waals surface area (Å²) in [7, 11) is 0. The highest BCUT2D eigenvalue weighted by Gasteiger charge is 2.40. The van der Waals surface area contributed by atoms with Crippen LogP contribution in [0.15, 0.2) is 115 Å². The van der Waals surface area contributed by atoms with Gasteiger partial charge in [0.05, 0.1) is 29.8 Å². The number of para-hydroxylation sites is 1. The number of anilines is 1. The van der Waals surface area contributed by atoms with E-state index in [2.05, 4.69) is 11.9 Å². The van der Waals surface area contributed by atoms with Crippen molar-refractivity contribution in [1.82, 2.24) is 5.32 Å². The Labute approximate surface area is 290 Å². The number of hydrogen-bond donors (Lipinski definition) is 2. The van der Waals surface area contributed by atoms with Crippen LogP contribution in [0.5, 0.6) is 0 Å². The molecule has 1 fully saturated rings. The van der Waals surface area contributed by atoms with Gasteiger partial charge in [-0.05, 0) is 54.2 Å². The number of benzene rings is 4. The van der Waals surface area contributed by atoms with E-state index < -0.39 is 35.7 Å². The molecule has 1 aliphatic carbocycles. The molecule has 244 valence electrons. The molecule has 7 nitrogen and oxygen atoms in total. The van der Waals surface area contributed by atoms with Crippen LogP contribution < -0.4 is 16.0 Å². The second kappa shape index (κ2) is 14.6. The van der Waals surface area contributed by atoms with Crippen molar-refractivity contribution in [3.05, 3.63) is 136 Å². The number of hydrogen-bond acceptors (Lipinski definition) is 4. The van der Waals surface area contributed by atoms with Crippen LogP contribution in [0.2, 0.25) is 10.0 Å². The Kier molecular flexibility index (Phi) is 10.1. The van der Waals surface area contributed by atoms with Crippen LogP contribution in [0.25, 0.3) is 11.1 Å². The predicted molar refractivity (Wildman–Crippen MR) is 192 cm³/mol. The summed E-state index contributed by atoms with van der Waals surface area (Å²) < 4.78 is 0. The third kappa shape index (κ3) is 7.38. The van der Waals surface area contributed by atoms with Crippen LogP contribution in [0.3, 0.4) is 0 Å². The largest absolute Gasteiger partial charge is 0.369 e. The van der Waals surface area contributed by atoms with Gasteiger partial charge in [0.1, 0.15) is 0 Å². The fraction of sp³-hybridized carbons (Fsp3) is 0.231. The van der Waals surface area contributed by atoms with Gasteiger partial charge in [0.15, 0.2) is 0 Å². The lowest BCUT2D eigenvalue weighted by Gasteiger charge is -2.28. The molecule has 0 radical (unpaired) electrons. The number of fused-ring (bicyclic) bond motifs is 1. The van der Waals surface area contributed by atoms with Crippen molar-refractivity contribution in [3.63, 3.8) is 0 Å². The molecule has 48 heavy (non-hydrogen) atoms. The second-order valence-corrected chi connectivity index (χ2v) is 13.2. The minimum Gasteiger partial charge on any atom is -0.369 e. The molecule has 1 aliphatic heterocycles. The zero-order chi connectivity index (χ0) is 33.8. The first-order valence-electron chi connectivity index (χ1n) is 16.0. The molecule has 1 heterocycles. The lowest BCUT2D eigenvalue weighted by atomic mass is 9.84. The number of nitrogens with one attached hydrogen (secondary N) is 1. The summed E-state index contributed by atoms with van der Waals surface area (Å²) in [6.45, 7) is 3.97. The molecule has 3 amide bonds. The number of halogens is 2. The van der Waals surface area contributed by atoms with E-state index in [1.165, 1.54) is 0 Å². The van der Waals surface area contributed by atoms with E-state index in [0.29, 0.717) is 33.8 Å². The van der Waals surface area contributed by atoms with Gasteiger partial charge in [0.2, 0.25) is 18.0 Å². The minimum absolute atomic E-state index is 0.199. The standard InChI is InChI=1S/C39H36Cl2N4O3/c1-2-9-30(36(42)46)32(21-24-16-17-24)38(47)44-37-39(48)45(23-25-10-8-13-27(20-25)29-19-18-28(40)22-33(29)41)34-15-7-6-14-31(34)35(43-37)26-11-4-3-5-12-26/h2-8,10-15,18-20,22,24,30,32,37H,1,9,16-17,21,23H2,(H2,42,46)(H,44,47). The van der Waals surface area contributed by atoms with Gasteiger partial charge in [-0.3, -0.25) is 14.4 Å². The summed E-state index contributed by atoms with van der Waals surface area (Å²) in [5, 5.41) is 4.01. The molecule has 9 heteroatoms. The average Bonchev–Trinajstić information content (AvgIpc) is 3.92. The maximum Gasteiger partial charge on any atom is 0.272 e. The van der Waals surface area contributed by atoms with E-state index in [-0.39, 0.29) is 13.0 Å². The highest BCUT2D eigenvalue weighted by Crippen LogP contribution is 2.39. The molecule has 0 aromatic heterocycles. The number of amides is 3. The summed E-state index contributed by atoms with van der Waals surface area (Å²) in [6.07, 6.45) is 3.11. The predicted octanol–water partition coefficient (Wildman–Crippen LogP) is 7.58. The SMILES string of the molecule is C=CCC(C(N)=O)C(CC1CC1)C(=O)NC1N=C(c2ccccc2)c2ccccc2N(Cc2cccc(-c3ccc(Cl)cc3Cl)c2)C1=O. The van der Waals surface area contributed by atoms with E-state index in [0.717, 1.165) is 40.7 Å². The van der Waals surface area contributed by atoms with Crippen LogP contribution in [-0.4, -0.2) is 29.6 Å². The lowest BCUT2D eigenvalue weighted by Crippen LogP contribution is -2.50. The molecule has 2 aliphatic rings. The quantitative estimate of drug-likeness (QED) is 0.151. The summed E-state index contributed by atoms with van der Waals surface area (Å²) in [4.78, 5) is 47.8. The zero-order valence-corrected chi connectivity index (χ0v) is 27.8. The minimum atomic E-state index is -1.26. The fourth-order valence-electron chi connectivity index (χ4n) is 6.32. The third-order valence-electron chi connectivity index (χ3n) is 8.94. The number of benzodiazepines with no additional fused rings is 1. The number of carbonyl (C=O) groups excluding carboxylic acids is 3. The number of carbonyl (C=O) groups is 3. The molecule has 1 saturated carbocycles. The Bertz CT molecular complexity index is 1890. The van der Waals surface area contributed by atoms with Crippen LogP contribution >= 0.6 is 23.2 Å². The lowest BCUT2D eigenvalue weighted by molar-refractivity contribution is -0.135. The van der Waals surface area contributed by atoms with Gasteiger partial charge in [-0.1, -0.05) is 115 Å². The van der Waals surface area contributed by atoms with Crippen LogP contribution in [0, 0.1) is 17.8 Å². The molecule has 3 N–H and O–H groups in total. The Morgan fingerprint density at radius 2 is 1.65 bits per heavy atom. The smallest absolute Gasteiger partial charge is 0.272 e. The van der Waals surface area contributed by atoms with Gasteiger partial charge >= 0.3 is 0 Å². The molecule has 0 bridgehead atoms. The van der Waals surface area contributed by atoms with Gasteiger partial charge in [0, 0.05) is 26.7 Å². The molecular formula is C39H36Cl2N4O3. The first kappa shape index (κ1) is 33.2. The maximum atomic E-state index is 14.6. The fourth-order valence-corrected chi connectivity index (χ4v) is 6.84. The van der Waals surface area contributed by atoms with E-state index in [9.17, 15) is 14.4 Å². The summed E-state index contributed by atoms with van der Waals surface area (Å²) in [5.74, 6) is -2.50. The molecule has 0 spiro atoms. The van der Waals surface area contributed by atoms with Gasteiger partial charge in [0.25, 0.3) is 5.91 Å². The Hall–Kier alpha value is -4.72. The van der Waals surface area contributed by atoms with E-state index >= 15 is 0 Å². The van der Waals surface area contributed by atoms with Crippen molar-refractivity contribution >= 4 is 52.3 Å². The second-order valence-electron chi connectivity index (χ2n) is 12.3. The summed E-state index contributed by atoms with van der Waals surface area (Å²) in [5.41, 5.74) is 11.1. The number of allylic oxidation sites excluding steroid dienone is 1. The molecule has 3 atom stereocenters. The Balaban J connectivity index is 1.40. The monoisotopic (exact) mass is 678 g/mol. The van der Waals surface area contributed by atoms with Crippen LogP contribution in [-0.2, 0) is 20.9 Å². The molecule has 6 rings (SSSR count). The Morgan fingerprint density at radius 3 is 2.35 bits per heavy atom. The number of rotatable bonds is 12. The van der Waals surface area contributed by atoms with Gasteiger partial charge in [-0.25, -0.2) is 4.99 Å². The summed E-state index contributed by atoms with van der Waals surface area (Å²) in [6, 6.07) is 30.3. The van der Waals surface area contributed by atoms with Gasteiger partial charge in [-0.2, -0.15) is 0 Å². The van der Waals surface area contributed by atoms with Gasteiger partial charge < -0.3 is 16.0 Å². The number of aliphatic imine (C=N–C) groups is 1. The van der Waals surface area contributed by atoms with Crippen molar-refractivity contribution in [3.8, 4) is 11.1 Å². The topological polar surface area (TPSA) is 105 Å². The zero-order valence-electron chi connectivity index (χ0n) is 26.3. The van der Waals surface area contributed by atoms with Crippen molar-refractivity contribution in [2.24, 2.45) is 28.5 Å². The van der Waals surface area contributed by atoms with Crippen molar-refractivity contribution in [2.75, 3.05) is 4.90 Å². The first-order valence-corrected chi connectivity index (χ1v) is 16.8. The van der Waals surface area contributed by atoms with Crippen molar-refractivity contribution < 1.29 is 14.4 Å². The highest BCUT2D eigenvalue weighted by molar-refractivity contribution is 6.36.